The lowest BCUT2D eigenvalue weighted by atomic mass is 10.1. The van der Waals surface area contributed by atoms with E-state index in [0.29, 0.717) is 57.5 Å². The van der Waals surface area contributed by atoms with Gasteiger partial charge in [-0.1, -0.05) is 46.4 Å². The third kappa shape index (κ3) is 18.3. The Morgan fingerprint density at radius 2 is 0.819 bits per heavy atom. The molecule has 0 saturated heterocycles. The monoisotopic (exact) mass is 1120 g/mol. The maximum Gasteiger partial charge on any atom is 0.314 e. The minimum Gasteiger partial charge on any atom is -0.486 e. The second-order valence-corrected chi connectivity index (χ2v) is 21.7. The third-order valence-electron chi connectivity index (χ3n) is 11.3. The van der Waals surface area contributed by atoms with Crippen molar-refractivity contribution in [1.29, 1.82) is 0 Å². The molecule has 2 aliphatic carbocycles. The van der Waals surface area contributed by atoms with Crippen LogP contribution in [-0.2, 0) is 51.8 Å². The first-order chi connectivity index (χ1) is 34.7. The zero-order valence-corrected chi connectivity index (χ0v) is 44.1. The first kappa shape index (κ1) is 57.1. The van der Waals surface area contributed by atoms with E-state index < -0.39 is 20.0 Å². The van der Waals surface area contributed by atoms with Gasteiger partial charge >= 0.3 is 12.1 Å². The van der Waals surface area contributed by atoms with Gasteiger partial charge in [0, 0.05) is 59.4 Å². The summed E-state index contributed by atoms with van der Waals surface area (Å²) in [6.07, 6.45) is 3.90. The van der Waals surface area contributed by atoms with E-state index >= 15 is 0 Å². The molecule has 0 fully saturated rings. The molecule has 0 saturated carbocycles. The molecule has 2 aliphatic rings. The summed E-state index contributed by atoms with van der Waals surface area (Å²) in [5.74, 6) is 1.07. The number of sulfonamides is 2. The molecular formula is C48H60Cl4N6O12S2. The molecule has 0 heterocycles. The number of benzene rings is 4. The van der Waals surface area contributed by atoms with Gasteiger partial charge in [-0.05, 0) is 134 Å². The lowest BCUT2D eigenvalue weighted by molar-refractivity contribution is 0.0516. The summed E-state index contributed by atoms with van der Waals surface area (Å²) in [7, 11) is -7.51. The Morgan fingerprint density at radius 1 is 0.472 bits per heavy atom. The lowest BCUT2D eigenvalue weighted by Gasteiger charge is -2.16. The molecular weight excluding hydrogens is 1060 g/mol. The van der Waals surface area contributed by atoms with Gasteiger partial charge < -0.3 is 49.7 Å². The predicted molar refractivity (Wildman–Crippen MR) is 275 cm³/mol. The van der Waals surface area contributed by atoms with Crippen molar-refractivity contribution in [2.24, 2.45) is 0 Å². The zero-order valence-electron chi connectivity index (χ0n) is 39.5. The first-order valence-corrected chi connectivity index (χ1v) is 28.0. The van der Waals surface area contributed by atoms with E-state index in [4.69, 9.17) is 74.8 Å². The van der Waals surface area contributed by atoms with Crippen LogP contribution in [0.3, 0.4) is 0 Å². The molecule has 72 heavy (non-hydrogen) atoms. The zero-order chi connectivity index (χ0) is 51.4. The molecule has 4 amide bonds. The molecule has 18 nitrogen and oxygen atoms in total. The molecule has 0 bridgehead atoms. The molecule has 4 aromatic carbocycles. The molecule has 6 N–H and O–H groups in total. The molecule has 0 spiro atoms. The number of carbonyl (C=O) groups excluding carboxylic acids is 2. The smallest absolute Gasteiger partial charge is 0.314 e. The fourth-order valence-electron chi connectivity index (χ4n) is 7.74. The van der Waals surface area contributed by atoms with Crippen LogP contribution in [0.5, 0.6) is 11.5 Å². The van der Waals surface area contributed by atoms with Crippen LogP contribution in [-0.4, -0.2) is 121 Å². The van der Waals surface area contributed by atoms with Gasteiger partial charge in [-0.2, -0.15) is 0 Å². The topological polar surface area (TPSA) is 230 Å². The summed E-state index contributed by atoms with van der Waals surface area (Å²) in [5.41, 5.74) is 3.92. The largest absolute Gasteiger partial charge is 0.486 e. The van der Waals surface area contributed by atoms with Crippen molar-refractivity contribution in [3.05, 3.63) is 115 Å². The van der Waals surface area contributed by atoms with E-state index in [0.717, 1.165) is 47.9 Å². The van der Waals surface area contributed by atoms with Crippen LogP contribution in [0.2, 0.25) is 20.1 Å². The standard InChI is InChI=1S/C48H60Cl4N6O12S2/c49-33-29-41-39(43(51)31-33)11-13-45(41)69-35-3-7-37(8-4-35)71(61,62)57-19-23-67-27-25-65-21-17-55-47(59)53-15-1-2-16-54-48(60)56-18-22-66-26-28-68-24-20-58-72(63,64)38-9-5-36(6-10-38)70-46-14-12-40-42(46)30-34(50)32-44(40)52/h3-10,29-32,45-46,57-58H,1-2,11-28H2,(H2,53,55,59)(H2,54,56,60)/t45-,46-/m1/s1. The van der Waals surface area contributed by atoms with Crippen LogP contribution in [0.25, 0.3) is 0 Å². The van der Waals surface area contributed by atoms with E-state index in [2.05, 4.69) is 30.7 Å². The summed E-state index contributed by atoms with van der Waals surface area (Å²) < 4.78 is 90.1. The van der Waals surface area contributed by atoms with E-state index in [1.165, 1.54) is 24.3 Å². The number of nitrogens with one attached hydrogen (secondary N) is 6. The minimum atomic E-state index is -3.75. The Bertz CT molecular complexity index is 2440. The van der Waals surface area contributed by atoms with Crippen LogP contribution in [0.1, 0.15) is 60.1 Å². The Morgan fingerprint density at radius 3 is 1.19 bits per heavy atom. The van der Waals surface area contributed by atoms with Crippen LogP contribution in [0.15, 0.2) is 82.6 Å². The molecule has 24 heteroatoms. The third-order valence-corrected chi connectivity index (χ3v) is 15.3. The molecule has 2 atom stereocenters. The summed E-state index contributed by atoms with van der Waals surface area (Å²) in [4.78, 5) is 24.3. The highest BCUT2D eigenvalue weighted by Crippen LogP contribution is 2.42. The van der Waals surface area contributed by atoms with Gasteiger partial charge in [-0.15, -0.1) is 0 Å². The van der Waals surface area contributed by atoms with Gasteiger partial charge in [-0.25, -0.2) is 35.9 Å². The number of hydrogen-bond donors (Lipinski definition) is 6. The molecule has 0 unspecified atom stereocenters. The Balaban J connectivity index is 0.673. The van der Waals surface area contributed by atoms with Crippen LogP contribution < -0.4 is 40.2 Å². The van der Waals surface area contributed by atoms with E-state index in [1.807, 2.05) is 12.1 Å². The Labute approximate surface area is 440 Å². The van der Waals surface area contributed by atoms with Crippen molar-refractivity contribution in [1.82, 2.24) is 30.7 Å². The second kappa shape index (κ2) is 29.1. The van der Waals surface area contributed by atoms with Gasteiger partial charge in [0.25, 0.3) is 0 Å². The Hall–Kier alpha value is -4.16. The number of carbonyl (C=O) groups is 2. The van der Waals surface area contributed by atoms with Crippen LogP contribution in [0.4, 0.5) is 9.59 Å². The summed E-state index contributed by atoms with van der Waals surface area (Å²) in [5, 5.41) is 13.2. The molecule has 394 valence electrons. The van der Waals surface area contributed by atoms with Crippen molar-refractivity contribution in [3.8, 4) is 11.5 Å². The summed E-state index contributed by atoms with van der Waals surface area (Å²) in [6, 6.07) is 18.9. The van der Waals surface area contributed by atoms with Gasteiger partial charge in [0.1, 0.15) is 23.7 Å². The number of halogens is 4. The normalized spacial score (nSPS) is 15.2. The molecule has 6 rings (SSSR count). The fraction of sp³-hybridized carbons (Fsp3) is 0.458. The maximum absolute atomic E-state index is 12.7. The summed E-state index contributed by atoms with van der Waals surface area (Å²) in [6.45, 7) is 3.40. The maximum atomic E-state index is 12.7. The minimum absolute atomic E-state index is 0.0723. The Kier molecular flexibility index (Phi) is 23.1. The first-order valence-electron chi connectivity index (χ1n) is 23.5. The number of amides is 4. The number of unbranched alkanes of at least 4 members (excludes halogenated alkanes) is 1. The van der Waals surface area contributed by atoms with Crippen molar-refractivity contribution >= 4 is 78.5 Å². The molecule has 0 radical (unpaired) electrons. The highest BCUT2D eigenvalue weighted by molar-refractivity contribution is 7.89. The molecule has 0 aromatic heterocycles. The van der Waals surface area contributed by atoms with Crippen LogP contribution >= 0.6 is 46.4 Å². The SMILES string of the molecule is O=C(NCCCCNC(=O)NCCOCCOCCNS(=O)(=O)c1ccc(O[C@@H]2CCc3c(Cl)cc(Cl)cc32)cc1)NCCOCCOCCNS(=O)(=O)c1ccc(O[C@@H]2CCc3c(Cl)cc(Cl)cc32)cc1. The van der Waals surface area contributed by atoms with Crippen molar-refractivity contribution < 1.29 is 54.8 Å². The lowest BCUT2D eigenvalue weighted by Crippen LogP contribution is -2.39. The number of hydrogen-bond acceptors (Lipinski definition) is 12. The second-order valence-electron chi connectivity index (χ2n) is 16.5. The number of ether oxygens (including phenoxy) is 6. The van der Waals surface area contributed by atoms with Gasteiger partial charge in [0.05, 0.1) is 62.6 Å². The quantitative estimate of drug-likeness (QED) is 0.0277. The van der Waals surface area contributed by atoms with Crippen molar-refractivity contribution in [2.45, 2.75) is 60.5 Å². The van der Waals surface area contributed by atoms with Gasteiger partial charge in [0.15, 0.2) is 0 Å². The fourth-order valence-corrected chi connectivity index (χ4v) is 11.0. The van der Waals surface area contributed by atoms with Crippen molar-refractivity contribution in [2.75, 3.05) is 92.1 Å². The number of urea groups is 2. The number of rotatable bonds is 31. The highest BCUT2D eigenvalue weighted by Gasteiger charge is 2.28. The van der Waals surface area contributed by atoms with E-state index in [-0.39, 0.29) is 113 Å². The van der Waals surface area contributed by atoms with Crippen LogP contribution in [0, 0.1) is 0 Å². The predicted octanol–water partition coefficient (Wildman–Crippen LogP) is 7.13. The highest BCUT2D eigenvalue weighted by atomic mass is 35.5. The van der Waals surface area contributed by atoms with E-state index in [9.17, 15) is 26.4 Å². The molecule has 0 aliphatic heterocycles. The summed E-state index contributed by atoms with van der Waals surface area (Å²) >= 11 is 25.0. The average molecular weight is 1120 g/mol. The van der Waals surface area contributed by atoms with Crippen molar-refractivity contribution in [3.63, 3.8) is 0 Å². The number of fused-ring (bicyclic) bond motifs is 2. The van der Waals surface area contributed by atoms with Gasteiger partial charge in [-0.3, -0.25) is 0 Å². The van der Waals surface area contributed by atoms with Gasteiger partial charge in [0.2, 0.25) is 20.0 Å². The van der Waals surface area contributed by atoms with E-state index in [1.54, 1.807) is 36.4 Å². The molecule has 4 aromatic rings. The average Bonchev–Trinajstić information content (AvgIpc) is 3.95.